The number of rotatable bonds is 3. The second kappa shape index (κ2) is 5.13. The predicted molar refractivity (Wildman–Crippen MR) is 51.5 cm³/mol. The number of pyridine rings is 1. The van der Waals surface area contributed by atoms with Crippen LogP contribution in [0, 0.1) is 0 Å². The topological polar surface area (TPSA) is 48.1 Å². The van der Waals surface area contributed by atoms with Crippen LogP contribution < -0.4 is 10.5 Å². The SMILES string of the molecule is NCc1c(Br)cnc(OC(F)(F)F)c1C(F)F. The fourth-order valence-corrected chi connectivity index (χ4v) is 1.62. The smallest absolute Gasteiger partial charge is 0.387 e. The molecule has 0 fully saturated rings. The van der Waals surface area contributed by atoms with Gasteiger partial charge in [-0.2, -0.15) is 0 Å². The van der Waals surface area contributed by atoms with Crippen molar-refractivity contribution < 1.29 is 26.7 Å². The van der Waals surface area contributed by atoms with Crippen LogP contribution in [0.5, 0.6) is 5.88 Å². The zero-order chi connectivity index (χ0) is 13.2. The lowest BCUT2D eigenvalue weighted by molar-refractivity contribution is -0.276. The third kappa shape index (κ3) is 3.50. The second-order valence-corrected chi connectivity index (χ2v) is 3.71. The number of alkyl halides is 5. The zero-order valence-electron chi connectivity index (χ0n) is 8.06. The predicted octanol–water partition coefficient (Wildman–Crippen LogP) is 3.14. The lowest BCUT2D eigenvalue weighted by Gasteiger charge is -2.15. The number of halogens is 6. The Labute approximate surface area is 101 Å². The van der Waals surface area contributed by atoms with Crippen molar-refractivity contribution in [1.29, 1.82) is 0 Å². The van der Waals surface area contributed by atoms with E-state index in [4.69, 9.17) is 5.73 Å². The Morgan fingerprint density at radius 3 is 2.41 bits per heavy atom. The van der Waals surface area contributed by atoms with Gasteiger partial charge in [-0.15, -0.1) is 13.2 Å². The maximum atomic E-state index is 12.7. The van der Waals surface area contributed by atoms with Gasteiger partial charge < -0.3 is 10.5 Å². The quantitative estimate of drug-likeness (QED) is 0.870. The monoisotopic (exact) mass is 320 g/mol. The van der Waals surface area contributed by atoms with Crippen molar-refractivity contribution in [2.75, 3.05) is 0 Å². The average Bonchev–Trinajstić information content (AvgIpc) is 2.17. The van der Waals surface area contributed by atoms with Gasteiger partial charge in [-0.05, 0) is 21.5 Å². The fourth-order valence-electron chi connectivity index (χ4n) is 1.14. The fraction of sp³-hybridized carbons (Fsp3) is 0.375. The molecule has 0 aliphatic heterocycles. The molecule has 9 heteroatoms. The number of aromatic nitrogens is 1. The molecule has 1 rings (SSSR count). The highest BCUT2D eigenvalue weighted by Crippen LogP contribution is 2.36. The molecule has 0 spiro atoms. The Morgan fingerprint density at radius 1 is 1.41 bits per heavy atom. The van der Waals surface area contributed by atoms with Gasteiger partial charge in [0.25, 0.3) is 6.43 Å². The van der Waals surface area contributed by atoms with Gasteiger partial charge in [-0.1, -0.05) is 0 Å². The van der Waals surface area contributed by atoms with Crippen LogP contribution >= 0.6 is 15.9 Å². The summed E-state index contributed by atoms with van der Waals surface area (Å²) in [7, 11) is 0. The van der Waals surface area contributed by atoms with E-state index in [1.807, 2.05) is 0 Å². The standard InChI is InChI=1S/C8H6BrF5N2O/c9-4-2-16-7(17-8(12,13)14)5(6(10)11)3(4)1-15/h2,6H,1,15H2. The maximum absolute atomic E-state index is 12.7. The molecule has 1 heterocycles. The highest BCUT2D eigenvalue weighted by Gasteiger charge is 2.35. The molecule has 0 bridgehead atoms. The molecule has 2 N–H and O–H groups in total. The van der Waals surface area contributed by atoms with Crippen molar-refractivity contribution in [2.24, 2.45) is 5.73 Å². The van der Waals surface area contributed by atoms with Crippen molar-refractivity contribution in [3.05, 3.63) is 21.8 Å². The molecule has 0 atom stereocenters. The first-order valence-corrected chi connectivity index (χ1v) is 4.96. The van der Waals surface area contributed by atoms with Gasteiger partial charge in [0.15, 0.2) is 0 Å². The molecule has 17 heavy (non-hydrogen) atoms. The first-order valence-electron chi connectivity index (χ1n) is 4.17. The number of nitrogens with zero attached hydrogens (tertiary/aromatic N) is 1. The van der Waals surface area contributed by atoms with E-state index < -0.39 is 24.2 Å². The zero-order valence-corrected chi connectivity index (χ0v) is 9.65. The molecule has 0 aliphatic rings. The summed E-state index contributed by atoms with van der Waals surface area (Å²) in [5, 5.41) is 0. The Hall–Kier alpha value is -0.960. The Balaban J connectivity index is 3.30. The number of ether oxygens (including phenoxy) is 1. The first-order chi connectivity index (χ1) is 7.76. The summed E-state index contributed by atoms with van der Waals surface area (Å²) in [6.45, 7) is -0.364. The molecule has 0 aliphatic carbocycles. The van der Waals surface area contributed by atoms with Crippen molar-refractivity contribution in [1.82, 2.24) is 4.98 Å². The molecule has 0 radical (unpaired) electrons. The van der Waals surface area contributed by atoms with Crippen LogP contribution in [0.15, 0.2) is 10.7 Å². The Bertz CT molecular complexity index is 410. The van der Waals surface area contributed by atoms with E-state index in [1.165, 1.54) is 0 Å². The van der Waals surface area contributed by atoms with E-state index in [1.54, 1.807) is 0 Å². The van der Waals surface area contributed by atoms with Gasteiger partial charge in [0.05, 0.1) is 5.56 Å². The van der Waals surface area contributed by atoms with Crippen molar-refractivity contribution in [2.45, 2.75) is 19.3 Å². The highest BCUT2D eigenvalue weighted by molar-refractivity contribution is 9.10. The molecule has 1 aromatic heterocycles. The van der Waals surface area contributed by atoms with E-state index in [-0.39, 0.29) is 16.6 Å². The van der Waals surface area contributed by atoms with E-state index in [0.717, 1.165) is 6.20 Å². The minimum atomic E-state index is -5.09. The molecule has 3 nitrogen and oxygen atoms in total. The third-order valence-electron chi connectivity index (χ3n) is 1.77. The number of hydrogen-bond donors (Lipinski definition) is 1. The van der Waals surface area contributed by atoms with E-state index in [0.29, 0.717) is 0 Å². The summed E-state index contributed by atoms with van der Waals surface area (Å²) in [4.78, 5) is 3.17. The summed E-state index contributed by atoms with van der Waals surface area (Å²) >= 11 is 2.88. The molecule has 1 aromatic rings. The summed E-state index contributed by atoms with van der Waals surface area (Å²) in [5.74, 6) is -1.18. The van der Waals surface area contributed by atoms with Crippen LogP contribution in [0.2, 0.25) is 0 Å². The van der Waals surface area contributed by atoms with E-state index in [2.05, 4.69) is 25.7 Å². The third-order valence-corrected chi connectivity index (χ3v) is 2.46. The molecule has 0 saturated heterocycles. The number of hydrogen-bond acceptors (Lipinski definition) is 3. The Kier molecular flexibility index (Phi) is 4.26. The average molecular weight is 321 g/mol. The van der Waals surface area contributed by atoms with Gasteiger partial charge >= 0.3 is 6.36 Å². The van der Waals surface area contributed by atoms with Gasteiger partial charge in [0.1, 0.15) is 0 Å². The van der Waals surface area contributed by atoms with Gasteiger partial charge in [-0.3, -0.25) is 0 Å². The van der Waals surface area contributed by atoms with Crippen molar-refractivity contribution in [3.63, 3.8) is 0 Å². The van der Waals surface area contributed by atoms with Crippen LogP contribution in [0.3, 0.4) is 0 Å². The van der Waals surface area contributed by atoms with Crippen molar-refractivity contribution >= 4 is 15.9 Å². The normalized spacial score (nSPS) is 12.0. The first kappa shape index (κ1) is 14.1. The minimum Gasteiger partial charge on any atom is -0.387 e. The second-order valence-electron chi connectivity index (χ2n) is 2.86. The summed E-state index contributed by atoms with van der Waals surface area (Å²) in [6, 6.07) is 0. The largest absolute Gasteiger partial charge is 0.574 e. The van der Waals surface area contributed by atoms with Crippen LogP contribution in [0.4, 0.5) is 22.0 Å². The summed E-state index contributed by atoms with van der Waals surface area (Å²) in [5.41, 5.74) is 4.06. The van der Waals surface area contributed by atoms with Crippen LogP contribution in [0.1, 0.15) is 17.6 Å². The summed E-state index contributed by atoms with van der Waals surface area (Å²) < 4.78 is 64.8. The molecule has 0 unspecified atom stereocenters. The van der Waals surface area contributed by atoms with E-state index in [9.17, 15) is 22.0 Å². The molecule has 96 valence electrons. The van der Waals surface area contributed by atoms with Crippen LogP contribution in [-0.4, -0.2) is 11.3 Å². The molecule has 0 amide bonds. The number of nitrogens with two attached hydrogens (primary N) is 1. The molecular weight excluding hydrogens is 315 g/mol. The summed E-state index contributed by atoms with van der Waals surface area (Å²) in [6.07, 6.45) is -7.33. The highest BCUT2D eigenvalue weighted by atomic mass is 79.9. The van der Waals surface area contributed by atoms with Gasteiger partial charge in [0, 0.05) is 17.2 Å². The van der Waals surface area contributed by atoms with E-state index >= 15 is 0 Å². The molecule has 0 saturated carbocycles. The van der Waals surface area contributed by atoms with Crippen LogP contribution in [0.25, 0.3) is 0 Å². The lowest BCUT2D eigenvalue weighted by Crippen LogP contribution is -2.20. The van der Waals surface area contributed by atoms with Crippen molar-refractivity contribution in [3.8, 4) is 5.88 Å². The Morgan fingerprint density at radius 2 is 2.00 bits per heavy atom. The maximum Gasteiger partial charge on any atom is 0.574 e. The minimum absolute atomic E-state index is 0.102. The lowest BCUT2D eigenvalue weighted by atomic mass is 10.1. The van der Waals surface area contributed by atoms with Gasteiger partial charge in [0.2, 0.25) is 5.88 Å². The van der Waals surface area contributed by atoms with Crippen LogP contribution in [-0.2, 0) is 6.54 Å². The molecular formula is C8H6BrF5N2O. The van der Waals surface area contributed by atoms with Gasteiger partial charge in [-0.25, -0.2) is 13.8 Å². The molecule has 0 aromatic carbocycles.